The average molecular weight is 364 g/mol. The van der Waals surface area contributed by atoms with Crippen LogP contribution in [0.2, 0.25) is 18.1 Å². The Balaban J connectivity index is 2.00. The number of β-lactam (4-membered cyclic amide) rings is 1. The molecule has 1 amide bonds. The Morgan fingerprint density at radius 2 is 1.76 bits per heavy atom. The van der Waals surface area contributed by atoms with Crippen molar-refractivity contribution >= 4 is 14.2 Å². The van der Waals surface area contributed by atoms with Gasteiger partial charge in [-0.1, -0.05) is 39.0 Å². The van der Waals surface area contributed by atoms with Crippen molar-refractivity contribution in [2.24, 2.45) is 0 Å². The van der Waals surface area contributed by atoms with E-state index in [0.717, 1.165) is 12.2 Å². The highest BCUT2D eigenvalue weighted by Gasteiger charge is 2.50. The molecular weight excluding hydrogens is 330 g/mol. The summed E-state index contributed by atoms with van der Waals surface area (Å²) >= 11 is 0. The van der Waals surface area contributed by atoms with Crippen LogP contribution in [0.3, 0.4) is 0 Å². The van der Waals surface area contributed by atoms with E-state index in [1.54, 1.807) is 0 Å². The van der Waals surface area contributed by atoms with E-state index in [4.69, 9.17) is 9.16 Å². The number of amides is 1. The van der Waals surface area contributed by atoms with Crippen LogP contribution in [0.1, 0.15) is 41.0 Å². The van der Waals surface area contributed by atoms with Crippen molar-refractivity contribution in [3.63, 3.8) is 0 Å². The lowest BCUT2D eigenvalue weighted by atomic mass is 9.93. The number of likely N-dealkylation sites (tertiary alicyclic amines) is 1. The molecule has 2 atom stereocenters. The van der Waals surface area contributed by atoms with Gasteiger partial charge in [0.1, 0.15) is 5.75 Å². The first-order valence-electron chi connectivity index (χ1n) is 9.22. The molecule has 2 rings (SSSR count). The highest BCUT2D eigenvalue weighted by Crippen LogP contribution is 2.37. The van der Waals surface area contributed by atoms with Crippen molar-refractivity contribution in [1.29, 1.82) is 0 Å². The van der Waals surface area contributed by atoms with Gasteiger partial charge in [-0.2, -0.15) is 0 Å². The van der Waals surface area contributed by atoms with Gasteiger partial charge in [0, 0.05) is 12.6 Å². The van der Waals surface area contributed by atoms with Crippen molar-refractivity contribution in [1.82, 2.24) is 4.90 Å². The van der Waals surface area contributed by atoms with E-state index in [1.165, 1.54) is 0 Å². The standard InChI is InChI=1S/C20H33NO3Si/c1-15(2)21-17(13-14-23-25(6,7)20(3,4)5)18(19(21)22)24-16-11-9-8-10-12-16/h8-12,15,17-18H,13-14H2,1-7H3/t17-,18+/m1/s1. The molecule has 1 aliphatic heterocycles. The van der Waals surface area contributed by atoms with Gasteiger partial charge in [-0.15, -0.1) is 0 Å². The van der Waals surface area contributed by atoms with E-state index in [9.17, 15) is 4.79 Å². The third-order valence-electron chi connectivity index (χ3n) is 5.45. The quantitative estimate of drug-likeness (QED) is 0.530. The van der Waals surface area contributed by atoms with Gasteiger partial charge in [0.05, 0.1) is 6.04 Å². The molecule has 0 radical (unpaired) electrons. The second kappa shape index (κ2) is 7.50. The van der Waals surface area contributed by atoms with Crippen molar-refractivity contribution < 1.29 is 14.0 Å². The fraction of sp³-hybridized carbons (Fsp3) is 0.650. The molecule has 1 aromatic carbocycles. The van der Waals surface area contributed by atoms with Crippen LogP contribution in [-0.2, 0) is 9.22 Å². The molecule has 5 heteroatoms. The minimum atomic E-state index is -1.77. The number of ether oxygens (including phenoxy) is 1. The van der Waals surface area contributed by atoms with Crippen LogP contribution in [0.15, 0.2) is 30.3 Å². The fourth-order valence-corrected chi connectivity index (χ4v) is 3.95. The molecule has 1 aromatic rings. The van der Waals surface area contributed by atoms with Gasteiger partial charge in [0.15, 0.2) is 14.4 Å². The smallest absolute Gasteiger partial charge is 0.266 e. The number of benzene rings is 1. The predicted octanol–water partition coefficient (Wildman–Crippen LogP) is 4.47. The Hall–Kier alpha value is -1.33. The van der Waals surface area contributed by atoms with Crippen LogP contribution >= 0.6 is 0 Å². The number of hydrogen-bond donors (Lipinski definition) is 0. The number of carbonyl (C=O) groups excluding carboxylic acids is 1. The SMILES string of the molecule is CC(C)N1C(=O)[C@@H](Oc2ccccc2)[C@H]1CCO[Si](C)(C)C(C)(C)C. The van der Waals surface area contributed by atoms with Crippen LogP contribution < -0.4 is 4.74 Å². The molecule has 0 saturated carbocycles. The van der Waals surface area contributed by atoms with Gasteiger partial charge in [-0.25, -0.2) is 0 Å². The Bertz CT molecular complexity index is 580. The highest BCUT2D eigenvalue weighted by molar-refractivity contribution is 6.74. The maximum absolute atomic E-state index is 12.5. The van der Waals surface area contributed by atoms with Gasteiger partial charge in [0.2, 0.25) is 0 Å². The van der Waals surface area contributed by atoms with Crippen LogP contribution in [0.5, 0.6) is 5.75 Å². The lowest BCUT2D eigenvalue weighted by Crippen LogP contribution is -2.69. The molecule has 1 aliphatic rings. The zero-order chi connectivity index (χ0) is 18.8. The maximum atomic E-state index is 12.5. The maximum Gasteiger partial charge on any atom is 0.266 e. The number of carbonyl (C=O) groups is 1. The predicted molar refractivity (Wildman–Crippen MR) is 104 cm³/mol. The summed E-state index contributed by atoms with van der Waals surface area (Å²) in [5.41, 5.74) is 0. The van der Waals surface area contributed by atoms with Crippen molar-refractivity contribution in [2.45, 2.75) is 77.4 Å². The Labute approximate surface area is 153 Å². The minimum absolute atomic E-state index is 0.0798. The highest BCUT2D eigenvalue weighted by atomic mass is 28.4. The summed E-state index contributed by atoms with van der Waals surface area (Å²) in [5, 5.41) is 0.195. The molecule has 1 heterocycles. The number of hydrogen-bond acceptors (Lipinski definition) is 3. The van der Waals surface area contributed by atoms with Gasteiger partial charge < -0.3 is 14.1 Å². The summed E-state index contributed by atoms with van der Waals surface area (Å²) in [6.45, 7) is 16.0. The average Bonchev–Trinajstić information content (AvgIpc) is 2.51. The summed E-state index contributed by atoms with van der Waals surface area (Å²) in [4.78, 5) is 14.4. The number of para-hydroxylation sites is 1. The molecule has 0 aliphatic carbocycles. The molecule has 1 saturated heterocycles. The summed E-state index contributed by atoms with van der Waals surface area (Å²) < 4.78 is 12.3. The van der Waals surface area contributed by atoms with E-state index < -0.39 is 14.4 Å². The van der Waals surface area contributed by atoms with Crippen molar-refractivity contribution in [2.75, 3.05) is 6.61 Å². The first-order valence-corrected chi connectivity index (χ1v) is 12.1. The number of nitrogens with zero attached hydrogens (tertiary/aromatic N) is 1. The van der Waals surface area contributed by atoms with Crippen molar-refractivity contribution in [3.05, 3.63) is 30.3 Å². The molecule has 0 aromatic heterocycles. The van der Waals surface area contributed by atoms with Crippen LogP contribution in [0, 0.1) is 0 Å². The minimum Gasteiger partial charge on any atom is -0.478 e. The largest absolute Gasteiger partial charge is 0.478 e. The van der Waals surface area contributed by atoms with Crippen LogP contribution in [0.4, 0.5) is 0 Å². The second-order valence-corrected chi connectivity index (χ2v) is 13.5. The topological polar surface area (TPSA) is 38.8 Å². The fourth-order valence-electron chi connectivity index (χ4n) is 2.89. The molecule has 25 heavy (non-hydrogen) atoms. The van der Waals surface area contributed by atoms with Gasteiger partial charge in [-0.05, 0) is 50.5 Å². The van der Waals surface area contributed by atoms with E-state index in [-0.39, 0.29) is 23.0 Å². The lowest BCUT2D eigenvalue weighted by molar-refractivity contribution is -0.168. The van der Waals surface area contributed by atoms with Crippen LogP contribution in [0.25, 0.3) is 0 Å². The summed E-state index contributed by atoms with van der Waals surface area (Å²) in [6, 6.07) is 9.85. The van der Waals surface area contributed by atoms with Gasteiger partial charge in [0.25, 0.3) is 5.91 Å². The number of rotatable bonds is 7. The summed E-state index contributed by atoms with van der Waals surface area (Å²) in [5.74, 6) is 0.829. The molecular formula is C20H33NO3Si. The zero-order valence-corrected chi connectivity index (χ0v) is 17.7. The molecule has 0 spiro atoms. The molecule has 0 unspecified atom stereocenters. The summed E-state index contributed by atoms with van der Waals surface area (Å²) in [7, 11) is -1.77. The third-order valence-corrected chi connectivity index (χ3v) is 9.99. The first-order chi connectivity index (χ1) is 11.5. The first kappa shape index (κ1) is 20.0. The third kappa shape index (κ3) is 4.45. The monoisotopic (exact) mass is 363 g/mol. The van der Waals surface area contributed by atoms with E-state index in [2.05, 4.69) is 47.7 Å². The Morgan fingerprint density at radius 1 is 1.16 bits per heavy atom. The van der Waals surface area contributed by atoms with E-state index in [1.807, 2.05) is 35.2 Å². The molecule has 0 N–H and O–H groups in total. The molecule has 1 fully saturated rings. The Kier molecular flexibility index (Phi) is 6.00. The van der Waals surface area contributed by atoms with E-state index in [0.29, 0.717) is 6.61 Å². The second-order valence-electron chi connectivity index (χ2n) is 8.66. The van der Waals surface area contributed by atoms with Crippen LogP contribution in [-0.4, -0.2) is 43.9 Å². The zero-order valence-electron chi connectivity index (χ0n) is 16.7. The molecule has 0 bridgehead atoms. The van der Waals surface area contributed by atoms with Gasteiger partial charge in [-0.3, -0.25) is 4.79 Å². The van der Waals surface area contributed by atoms with Crippen molar-refractivity contribution in [3.8, 4) is 5.75 Å². The summed E-state index contributed by atoms with van der Waals surface area (Å²) in [6.07, 6.45) is 0.418. The molecule has 140 valence electrons. The van der Waals surface area contributed by atoms with E-state index >= 15 is 0 Å². The molecule has 4 nitrogen and oxygen atoms in total. The van der Waals surface area contributed by atoms with Gasteiger partial charge >= 0.3 is 0 Å². The Morgan fingerprint density at radius 3 is 2.28 bits per heavy atom. The normalized spacial score (nSPS) is 21.4. The lowest BCUT2D eigenvalue weighted by Gasteiger charge is -2.49.